The van der Waals surface area contributed by atoms with Crippen LogP contribution in [0.1, 0.15) is 101 Å². The van der Waals surface area contributed by atoms with E-state index in [4.69, 9.17) is 13.9 Å². The number of aliphatic hydroxyl groups is 1. The number of ether oxygens (including phenoxy) is 2. The minimum atomic E-state index is -2.32. The summed E-state index contributed by atoms with van der Waals surface area (Å²) >= 11 is 0. The van der Waals surface area contributed by atoms with Gasteiger partial charge in [-0.2, -0.15) is 0 Å². The van der Waals surface area contributed by atoms with Crippen molar-refractivity contribution in [3.05, 3.63) is 11.6 Å². The van der Waals surface area contributed by atoms with Crippen LogP contribution in [-0.4, -0.2) is 62.4 Å². The third kappa shape index (κ3) is 11.9. The van der Waals surface area contributed by atoms with Crippen molar-refractivity contribution in [2.45, 2.75) is 138 Å². The molecular weight excluding hydrogens is 528 g/mol. The minimum absolute atomic E-state index is 0.0341. The van der Waals surface area contributed by atoms with Gasteiger partial charge < -0.3 is 19.0 Å². The van der Waals surface area contributed by atoms with E-state index in [9.17, 15) is 24.3 Å². The summed E-state index contributed by atoms with van der Waals surface area (Å²) in [7, 11) is -0.989. The Bertz CT molecular complexity index is 900. The Kier molecular flexibility index (Phi) is 15.2. The van der Waals surface area contributed by atoms with Gasteiger partial charge in [-0.15, -0.1) is 0 Å². The van der Waals surface area contributed by atoms with Crippen LogP contribution in [0.25, 0.3) is 0 Å². The van der Waals surface area contributed by atoms with Crippen molar-refractivity contribution in [2.24, 2.45) is 17.3 Å². The number of methoxy groups -OCH3 is 1. The highest BCUT2D eigenvalue weighted by molar-refractivity contribution is 6.74. The Hall–Kier alpha value is -1.84. The SMILES string of the molecule is COC(=O)C[C@H](O[Si](C)(C)C(C)(C)C)C(C)(C)C(=O)[C@H](C)[C@@H](O)[C@@H](C)CCCC(C)=CCC(OC(C)=O)C(C)=O. The van der Waals surface area contributed by atoms with Gasteiger partial charge in [-0.05, 0) is 57.2 Å². The summed E-state index contributed by atoms with van der Waals surface area (Å²) in [4.78, 5) is 49.0. The predicted octanol–water partition coefficient (Wildman–Crippen LogP) is 6.20. The van der Waals surface area contributed by atoms with Gasteiger partial charge in [0.25, 0.3) is 0 Å². The first-order valence-corrected chi connectivity index (χ1v) is 17.3. The van der Waals surface area contributed by atoms with Crippen LogP contribution in [0.5, 0.6) is 0 Å². The van der Waals surface area contributed by atoms with Crippen LogP contribution in [0, 0.1) is 17.3 Å². The molecular formula is C31H56O8Si. The Labute approximate surface area is 243 Å². The molecule has 0 spiro atoms. The molecule has 0 saturated carbocycles. The number of esters is 2. The standard InChI is InChI=1S/C31H56O8Si/c1-20(17-18-25(23(4)32)38-24(5)33)15-14-16-21(2)28(35)22(3)29(36)31(9,10)26(19-27(34)37-11)39-40(12,13)30(6,7)8/h17,21-22,25-26,28,35H,14-16,18-19H2,1-13H3/t21-,22+,25?,26-,28-/m0/s1. The lowest BCUT2D eigenvalue weighted by Crippen LogP contribution is -2.52. The average Bonchev–Trinajstić information content (AvgIpc) is 2.83. The zero-order chi connectivity index (χ0) is 31.6. The number of carbonyl (C=O) groups is 4. The Balaban J connectivity index is 5.40. The second-order valence-electron chi connectivity index (χ2n) is 13.4. The molecule has 1 N–H and O–H groups in total. The van der Waals surface area contributed by atoms with E-state index in [1.165, 1.54) is 21.0 Å². The van der Waals surface area contributed by atoms with Gasteiger partial charge in [0.2, 0.25) is 0 Å². The van der Waals surface area contributed by atoms with Gasteiger partial charge in [0.15, 0.2) is 20.2 Å². The van der Waals surface area contributed by atoms with Crippen molar-refractivity contribution < 1.29 is 38.2 Å². The Morgan fingerprint density at radius 2 is 1.52 bits per heavy atom. The van der Waals surface area contributed by atoms with Crippen LogP contribution in [-0.2, 0) is 33.1 Å². The molecule has 0 aromatic rings. The predicted molar refractivity (Wildman–Crippen MR) is 160 cm³/mol. The summed E-state index contributed by atoms with van der Waals surface area (Å²) in [5, 5.41) is 11.0. The smallest absolute Gasteiger partial charge is 0.308 e. The zero-order valence-electron chi connectivity index (χ0n) is 27.3. The first-order valence-electron chi connectivity index (χ1n) is 14.4. The van der Waals surface area contributed by atoms with E-state index in [1.54, 1.807) is 20.8 Å². The van der Waals surface area contributed by atoms with E-state index in [0.717, 1.165) is 18.4 Å². The third-order valence-electron chi connectivity index (χ3n) is 8.44. The lowest BCUT2D eigenvalue weighted by Gasteiger charge is -2.44. The highest BCUT2D eigenvalue weighted by Crippen LogP contribution is 2.42. The molecule has 0 rings (SSSR count). The van der Waals surface area contributed by atoms with Crippen LogP contribution in [0.15, 0.2) is 11.6 Å². The van der Waals surface area contributed by atoms with Gasteiger partial charge in [-0.1, -0.05) is 60.1 Å². The normalized spacial score (nSPS) is 16.9. The first-order chi connectivity index (χ1) is 18.1. The minimum Gasteiger partial charge on any atom is -0.469 e. The molecule has 0 saturated heterocycles. The molecule has 232 valence electrons. The van der Waals surface area contributed by atoms with Crippen LogP contribution < -0.4 is 0 Å². The molecule has 9 heteroatoms. The number of allylic oxidation sites excluding steroid dienone is 1. The molecule has 40 heavy (non-hydrogen) atoms. The third-order valence-corrected chi connectivity index (χ3v) is 12.9. The lowest BCUT2D eigenvalue weighted by atomic mass is 9.73. The van der Waals surface area contributed by atoms with Gasteiger partial charge in [0, 0.05) is 24.7 Å². The molecule has 1 unspecified atom stereocenters. The van der Waals surface area contributed by atoms with Crippen molar-refractivity contribution >= 4 is 31.8 Å². The highest BCUT2D eigenvalue weighted by Gasteiger charge is 2.48. The second-order valence-corrected chi connectivity index (χ2v) is 18.1. The van der Waals surface area contributed by atoms with Crippen molar-refractivity contribution in [3.63, 3.8) is 0 Å². The number of hydrogen-bond donors (Lipinski definition) is 1. The Morgan fingerprint density at radius 3 is 1.98 bits per heavy atom. The van der Waals surface area contributed by atoms with Gasteiger partial charge in [-0.25, -0.2) is 0 Å². The second kappa shape index (κ2) is 16.0. The Morgan fingerprint density at radius 1 is 0.975 bits per heavy atom. The van der Waals surface area contributed by atoms with Crippen LogP contribution in [0.3, 0.4) is 0 Å². The van der Waals surface area contributed by atoms with Gasteiger partial charge >= 0.3 is 11.9 Å². The monoisotopic (exact) mass is 584 g/mol. The van der Waals surface area contributed by atoms with Crippen LogP contribution in [0.4, 0.5) is 0 Å². The summed E-state index contributed by atoms with van der Waals surface area (Å²) in [6, 6.07) is 0. The van der Waals surface area contributed by atoms with Gasteiger partial charge in [-0.3, -0.25) is 19.2 Å². The largest absolute Gasteiger partial charge is 0.469 e. The fourth-order valence-electron chi connectivity index (χ4n) is 4.39. The topological polar surface area (TPSA) is 116 Å². The molecule has 0 aliphatic heterocycles. The fraction of sp³-hybridized carbons (Fsp3) is 0.806. The van der Waals surface area contributed by atoms with E-state index in [1.807, 2.05) is 19.9 Å². The summed E-state index contributed by atoms with van der Waals surface area (Å²) in [5.41, 5.74) is 0.0528. The highest BCUT2D eigenvalue weighted by atomic mass is 28.4. The maximum absolute atomic E-state index is 13.8. The fourth-order valence-corrected chi connectivity index (χ4v) is 5.83. The van der Waals surface area contributed by atoms with E-state index >= 15 is 0 Å². The molecule has 0 aromatic carbocycles. The summed E-state index contributed by atoms with van der Waals surface area (Å²) in [6.45, 7) is 22.4. The van der Waals surface area contributed by atoms with Crippen molar-refractivity contribution in [1.82, 2.24) is 0 Å². The van der Waals surface area contributed by atoms with E-state index in [-0.39, 0.29) is 28.9 Å². The summed E-state index contributed by atoms with van der Waals surface area (Å²) < 4.78 is 16.6. The molecule has 0 aliphatic rings. The molecule has 0 amide bonds. The number of ketones is 2. The molecule has 0 heterocycles. The quantitative estimate of drug-likeness (QED) is 0.122. The zero-order valence-corrected chi connectivity index (χ0v) is 28.3. The lowest BCUT2D eigenvalue weighted by molar-refractivity contribution is -0.152. The molecule has 0 aliphatic carbocycles. The van der Waals surface area contributed by atoms with Crippen molar-refractivity contribution in [3.8, 4) is 0 Å². The van der Waals surface area contributed by atoms with E-state index in [2.05, 4.69) is 33.9 Å². The molecule has 0 aromatic heterocycles. The molecule has 0 fully saturated rings. The maximum Gasteiger partial charge on any atom is 0.308 e. The van der Waals surface area contributed by atoms with Gasteiger partial charge in [0.05, 0.1) is 25.7 Å². The first kappa shape index (κ1) is 38.2. The van der Waals surface area contributed by atoms with Gasteiger partial charge in [0.1, 0.15) is 5.78 Å². The number of rotatable bonds is 17. The van der Waals surface area contributed by atoms with Crippen LogP contribution >= 0.6 is 0 Å². The number of hydrogen-bond acceptors (Lipinski definition) is 8. The van der Waals surface area contributed by atoms with E-state index in [0.29, 0.717) is 12.8 Å². The molecule has 5 atom stereocenters. The molecule has 8 nitrogen and oxygen atoms in total. The summed E-state index contributed by atoms with van der Waals surface area (Å²) in [5.74, 6) is -2.03. The van der Waals surface area contributed by atoms with Crippen LogP contribution in [0.2, 0.25) is 18.1 Å². The number of Topliss-reactive ketones (excluding diaryl/α,β-unsaturated/α-hetero) is 2. The summed E-state index contributed by atoms with van der Waals surface area (Å²) in [6.07, 6.45) is 2.18. The molecule has 0 radical (unpaired) electrons. The maximum atomic E-state index is 13.8. The average molecular weight is 585 g/mol. The van der Waals surface area contributed by atoms with Crippen molar-refractivity contribution in [2.75, 3.05) is 7.11 Å². The van der Waals surface area contributed by atoms with E-state index < -0.39 is 49.9 Å². The van der Waals surface area contributed by atoms with Crippen molar-refractivity contribution in [1.29, 1.82) is 0 Å². The number of aliphatic hydroxyl groups excluding tert-OH is 1. The molecule has 0 bridgehead atoms. The number of carbonyl (C=O) groups excluding carboxylic acids is 4.